The first-order valence-electron chi connectivity index (χ1n) is 7.86. The molecule has 0 unspecified atom stereocenters. The zero-order valence-corrected chi connectivity index (χ0v) is 15.5. The van der Waals surface area contributed by atoms with Gasteiger partial charge in [0.05, 0.1) is 9.83 Å². The van der Waals surface area contributed by atoms with Crippen LogP contribution in [0.5, 0.6) is 11.5 Å². The number of nitrogens with zero attached hydrogens (tertiary/aromatic N) is 1. The van der Waals surface area contributed by atoms with Gasteiger partial charge in [-0.25, -0.2) is 0 Å². The van der Waals surface area contributed by atoms with Crippen molar-refractivity contribution >= 4 is 46.0 Å². The first kappa shape index (κ1) is 18.9. The number of non-ortho nitro benzene ring substituents is 1. The third-order valence-corrected chi connectivity index (χ3v) is 4.65. The quantitative estimate of drug-likeness (QED) is 0.249. The van der Waals surface area contributed by atoms with E-state index in [1.165, 1.54) is 23.9 Å². The molecule has 3 rings (SSSR count). The van der Waals surface area contributed by atoms with Crippen LogP contribution in [0, 0.1) is 10.1 Å². The van der Waals surface area contributed by atoms with Crippen molar-refractivity contribution < 1.29 is 19.2 Å². The Bertz CT molecular complexity index is 895. The molecular formula is C18H14N2O5S2. The van der Waals surface area contributed by atoms with Gasteiger partial charge in [-0.2, -0.15) is 0 Å². The van der Waals surface area contributed by atoms with Crippen molar-refractivity contribution in [2.75, 3.05) is 13.2 Å². The molecule has 0 aromatic heterocycles. The van der Waals surface area contributed by atoms with Crippen molar-refractivity contribution in [1.82, 2.24) is 5.32 Å². The van der Waals surface area contributed by atoms with Crippen LogP contribution in [0.1, 0.15) is 5.56 Å². The number of hydrogen-bond acceptors (Lipinski definition) is 7. The predicted molar refractivity (Wildman–Crippen MR) is 107 cm³/mol. The van der Waals surface area contributed by atoms with E-state index in [2.05, 4.69) is 5.32 Å². The van der Waals surface area contributed by atoms with Crippen molar-refractivity contribution in [2.45, 2.75) is 0 Å². The topological polar surface area (TPSA) is 90.7 Å². The van der Waals surface area contributed by atoms with Crippen LogP contribution in [0.3, 0.4) is 0 Å². The summed E-state index contributed by atoms with van der Waals surface area (Å²) in [5, 5.41) is 13.2. The van der Waals surface area contributed by atoms with Crippen LogP contribution in [-0.4, -0.2) is 28.4 Å². The highest BCUT2D eigenvalue weighted by Crippen LogP contribution is 2.26. The van der Waals surface area contributed by atoms with Crippen LogP contribution in [0.4, 0.5) is 5.69 Å². The minimum atomic E-state index is -0.460. The molecule has 2 aromatic rings. The molecule has 1 aliphatic heterocycles. The molecule has 1 saturated heterocycles. The lowest BCUT2D eigenvalue weighted by molar-refractivity contribution is -0.384. The van der Waals surface area contributed by atoms with E-state index in [9.17, 15) is 14.9 Å². The number of amides is 1. The molecule has 1 fully saturated rings. The number of ether oxygens (including phenoxy) is 2. The van der Waals surface area contributed by atoms with Crippen LogP contribution in [0.15, 0.2) is 53.4 Å². The molecule has 138 valence electrons. The van der Waals surface area contributed by atoms with Crippen LogP contribution in [-0.2, 0) is 4.79 Å². The molecule has 0 atom stereocenters. The minimum Gasteiger partial charge on any atom is -0.490 e. The first-order chi connectivity index (χ1) is 13.0. The molecule has 0 radical (unpaired) electrons. The van der Waals surface area contributed by atoms with E-state index in [-0.39, 0.29) is 11.6 Å². The minimum absolute atomic E-state index is 0.0176. The maximum absolute atomic E-state index is 11.6. The van der Waals surface area contributed by atoms with Gasteiger partial charge in [-0.1, -0.05) is 36.1 Å². The molecule has 0 saturated carbocycles. The Hall–Kier alpha value is -2.91. The van der Waals surface area contributed by atoms with E-state index in [1.54, 1.807) is 30.3 Å². The lowest BCUT2D eigenvalue weighted by Gasteiger charge is -2.08. The van der Waals surface area contributed by atoms with Crippen LogP contribution >= 0.6 is 24.0 Å². The standard InChI is InChI=1S/C18H14N2O5S2/c21-17-16(27-18(26)19-17)11-12-1-5-14(6-2-12)24-9-10-25-15-7-3-13(4-8-15)20(22)23/h1-8,11H,9-10H2,(H,19,21,26)/b16-11-. The summed E-state index contributed by atoms with van der Waals surface area (Å²) in [6.07, 6.45) is 1.76. The fourth-order valence-electron chi connectivity index (χ4n) is 2.22. The summed E-state index contributed by atoms with van der Waals surface area (Å²) in [6.45, 7) is 0.627. The highest BCUT2D eigenvalue weighted by atomic mass is 32.2. The molecule has 0 spiro atoms. The Morgan fingerprint density at radius 2 is 1.59 bits per heavy atom. The van der Waals surface area contributed by atoms with Gasteiger partial charge in [0.2, 0.25) is 0 Å². The summed E-state index contributed by atoms with van der Waals surface area (Å²) in [5.41, 5.74) is 0.885. The summed E-state index contributed by atoms with van der Waals surface area (Å²) >= 11 is 6.19. The fraction of sp³-hybridized carbons (Fsp3) is 0.111. The Morgan fingerprint density at radius 3 is 2.07 bits per heavy atom. The van der Waals surface area contributed by atoms with Crippen molar-refractivity contribution in [3.63, 3.8) is 0 Å². The number of thioether (sulfide) groups is 1. The highest BCUT2D eigenvalue weighted by Gasteiger charge is 2.21. The Balaban J connectivity index is 1.46. The van der Waals surface area contributed by atoms with E-state index in [4.69, 9.17) is 21.7 Å². The van der Waals surface area contributed by atoms with Gasteiger partial charge in [-0.3, -0.25) is 14.9 Å². The van der Waals surface area contributed by atoms with E-state index in [0.29, 0.717) is 33.9 Å². The van der Waals surface area contributed by atoms with Gasteiger partial charge in [-0.05, 0) is 35.9 Å². The molecule has 0 aliphatic carbocycles. The van der Waals surface area contributed by atoms with Crippen LogP contribution in [0.2, 0.25) is 0 Å². The van der Waals surface area contributed by atoms with Crippen LogP contribution < -0.4 is 14.8 Å². The van der Waals surface area contributed by atoms with E-state index in [0.717, 1.165) is 5.56 Å². The molecule has 2 aromatic carbocycles. The van der Waals surface area contributed by atoms with Crippen molar-refractivity contribution in [3.8, 4) is 11.5 Å². The molecule has 1 heterocycles. The SMILES string of the molecule is O=C1NC(=S)S/C1=C\c1ccc(OCCOc2ccc([N+](=O)[O-])cc2)cc1. The second-order valence-corrected chi connectivity index (χ2v) is 7.09. The Morgan fingerprint density at radius 1 is 1.04 bits per heavy atom. The van der Waals surface area contributed by atoms with E-state index < -0.39 is 4.92 Å². The summed E-state index contributed by atoms with van der Waals surface area (Å²) in [7, 11) is 0. The number of carbonyl (C=O) groups is 1. The van der Waals surface area contributed by atoms with Gasteiger partial charge < -0.3 is 14.8 Å². The molecule has 1 N–H and O–H groups in total. The molecule has 0 bridgehead atoms. The third-order valence-electron chi connectivity index (χ3n) is 3.49. The Kier molecular flexibility index (Phi) is 6.05. The lowest BCUT2D eigenvalue weighted by Crippen LogP contribution is -2.17. The zero-order chi connectivity index (χ0) is 19.2. The fourth-order valence-corrected chi connectivity index (χ4v) is 3.26. The lowest BCUT2D eigenvalue weighted by atomic mass is 10.2. The molecule has 7 nitrogen and oxygen atoms in total. The third kappa shape index (κ3) is 5.28. The number of carbonyl (C=O) groups excluding carboxylic acids is 1. The van der Waals surface area contributed by atoms with Crippen molar-refractivity contribution in [1.29, 1.82) is 0 Å². The number of thiocarbonyl (C=S) groups is 1. The number of nitrogens with one attached hydrogen (secondary N) is 1. The average Bonchev–Trinajstić information content (AvgIpc) is 2.97. The Labute approximate surface area is 164 Å². The molecule has 27 heavy (non-hydrogen) atoms. The highest BCUT2D eigenvalue weighted by molar-refractivity contribution is 8.26. The molecule has 1 amide bonds. The maximum atomic E-state index is 11.6. The average molecular weight is 402 g/mol. The van der Waals surface area contributed by atoms with Gasteiger partial charge in [-0.15, -0.1) is 0 Å². The monoisotopic (exact) mass is 402 g/mol. The maximum Gasteiger partial charge on any atom is 0.269 e. The number of rotatable bonds is 7. The van der Waals surface area contributed by atoms with E-state index in [1.807, 2.05) is 12.1 Å². The number of nitro groups is 1. The summed E-state index contributed by atoms with van der Waals surface area (Å²) in [4.78, 5) is 22.3. The summed E-state index contributed by atoms with van der Waals surface area (Å²) in [6, 6.07) is 13.1. The second-order valence-electron chi connectivity index (χ2n) is 5.37. The molecule has 1 aliphatic rings. The smallest absolute Gasteiger partial charge is 0.269 e. The predicted octanol–water partition coefficient (Wildman–Crippen LogP) is 3.54. The second kappa shape index (κ2) is 8.65. The van der Waals surface area contributed by atoms with Gasteiger partial charge in [0, 0.05) is 12.1 Å². The van der Waals surface area contributed by atoms with Gasteiger partial charge in [0.1, 0.15) is 29.0 Å². The molecule has 9 heteroatoms. The molecular weight excluding hydrogens is 388 g/mol. The summed E-state index contributed by atoms with van der Waals surface area (Å²) < 4.78 is 11.5. The largest absolute Gasteiger partial charge is 0.490 e. The number of hydrogen-bond donors (Lipinski definition) is 1. The summed E-state index contributed by atoms with van der Waals surface area (Å²) in [5.74, 6) is 1.02. The van der Waals surface area contributed by atoms with Gasteiger partial charge in [0.25, 0.3) is 11.6 Å². The normalized spacial score (nSPS) is 14.9. The van der Waals surface area contributed by atoms with Gasteiger partial charge in [0.15, 0.2) is 0 Å². The number of nitro benzene ring substituents is 1. The zero-order valence-electron chi connectivity index (χ0n) is 13.9. The first-order valence-corrected chi connectivity index (χ1v) is 9.09. The number of benzene rings is 2. The van der Waals surface area contributed by atoms with Crippen molar-refractivity contribution in [3.05, 3.63) is 69.1 Å². The van der Waals surface area contributed by atoms with Crippen molar-refractivity contribution in [2.24, 2.45) is 0 Å². The van der Waals surface area contributed by atoms with Crippen LogP contribution in [0.25, 0.3) is 6.08 Å². The van der Waals surface area contributed by atoms with E-state index >= 15 is 0 Å². The van der Waals surface area contributed by atoms with Gasteiger partial charge >= 0.3 is 0 Å².